The van der Waals surface area contributed by atoms with Crippen LogP contribution >= 0.6 is 15.9 Å². The van der Waals surface area contributed by atoms with Crippen molar-refractivity contribution in [2.24, 2.45) is 5.73 Å². The van der Waals surface area contributed by atoms with Crippen LogP contribution in [0.1, 0.15) is 17.3 Å². The summed E-state index contributed by atoms with van der Waals surface area (Å²) in [5.41, 5.74) is 5.60. The molecule has 15 heavy (non-hydrogen) atoms. The minimum absolute atomic E-state index is 0.152. The van der Waals surface area contributed by atoms with Crippen LogP contribution < -0.4 is 10.5 Å². The van der Waals surface area contributed by atoms with Crippen molar-refractivity contribution in [3.05, 3.63) is 28.0 Å². The lowest BCUT2D eigenvalue weighted by atomic mass is 10.0. The van der Waals surface area contributed by atoms with Gasteiger partial charge in [0.2, 0.25) is 0 Å². The third kappa shape index (κ3) is 2.54. The van der Waals surface area contributed by atoms with E-state index in [4.69, 9.17) is 10.5 Å². The van der Waals surface area contributed by atoms with Crippen LogP contribution in [0.3, 0.4) is 0 Å². The summed E-state index contributed by atoms with van der Waals surface area (Å²) in [6.45, 7) is 1.54. The quantitative estimate of drug-likeness (QED) is 0.860. The highest BCUT2D eigenvalue weighted by Crippen LogP contribution is 2.30. The van der Waals surface area contributed by atoms with Crippen molar-refractivity contribution in [1.82, 2.24) is 0 Å². The number of benzene rings is 1. The fraction of sp³-hybridized carbons (Fsp3) is 0.300. The van der Waals surface area contributed by atoms with Crippen LogP contribution in [0.4, 0.5) is 4.39 Å². The highest BCUT2D eigenvalue weighted by atomic mass is 79.9. The number of nitrogens with two attached hydrogens (primary N) is 1. The molecule has 0 heterocycles. The molecule has 1 unspecified atom stereocenters. The van der Waals surface area contributed by atoms with E-state index in [9.17, 15) is 9.18 Å². The number of carbonyl (C=O) groups excluding carboxylic acids is 1. The lowest BCUT2D eigenvalue weighted by Crippen LogP contribution is -2.27. The Morgan fingerprint density at radius 1 is 1.60 bits per heavy atom. The van der Waals surface area contributed by atoms with Crippen molar-refractivity contribution in [1.29, 1.82) is 0 Å². The number of ether oxygens (including phenoxy) is 1. The Bertz CT molecular complexity index is 393. The molecule has 0 saturated heterocycles. The number of hydrogen-bond donors (Lipinski definition) is 1. The maximum atomic E-state index is 13.1. The third-order valence-corrected chi connectivity index (χ3v) is 2.48. The second kappa shape index (κ2) is 4.72. The van der Waals surface area contributed by atoms with Gasteiger partial charge in [-0.3, -0.25) is 4.79 Å². The molecule has 0 amide bonds. The van der Waals surface area contributed by atoms with E-state index >= 15 is 0 Å². The number of Topliss-reactive ketones (excluding diaryl/α,β-unsaturated/α-hetero) is 1. The summed E-state index contributed by atoms with van der Waals surface area (Å²) in [6, 6.07) is 1.67. The third-order valence-electron chi connectivity index (χ3n) is 1.89. The summed E-state index contributed by atoms with van der Waals surface area (Å²) in [5.74, 6) is -0.558. The standard InChI is InChI=1S/C10H11BrFNO2/c1-5(13)9(14)7-3-6(12)4-8(11)10(7)15-2/h3-5H,13H2,1-2H3. The molecule has 0 bridgehead atoms. The van der Waals surface area contributed by atoms with E-state index in [1.807, 2.05) is 0 Å². The number of rotatable bonds is 3. The molecule has 0 fully saturated rings. The molecule has 1 rings (SSSR count). The van der Waals surface area contributed by atoms with Gasteiger partial charge in [0.05, 0.1) is 23.2 Å². The summed E-state index contributed by atoms with van der Waals surface area (Å²) in [4.78, 5) is 11.6. The van der Waals surface area contributed by atoms with E-state index in [0.29, 0.717) is 10.2 Å². The van der Waals surface area contributed by atoms with Crippen LogP contribution in [0.5, 0.6) is 5.75 Å². The van der Waals surface area contributed by atoms with Gasteiger partial charge in [-0.25, -0.2) is 4.39 Å². The van der Waals surface area contributed by atoms with Crippen LogP contribution in [0.2, 0.25) is 0 Å². The minimum Gasteiger partial charge on any atom is -0.495 e. The van der Waals surface area contributed by atoms with Crippen LogP contribution in [0.15, 0.2) is 16.6 Å². The molecule has 3 nitrogen and oxygen atoms in total. The van der Waals surface area contributed by atoms with E-state index in [1.165, 1.54) is 13.2 Å². The molecule has 0 aliphatic heterocycles. The normalized spacial score (nSPS) is 12.3. The van der Waals surface area contributed by atoms with Crippen molar-refractivity contribution < 1.29 is 13.9 Å². The van der Waals surface area contributed by atoms with Gasteiger partial charge in [-0.15, -0.1) is 0 Å². The molecule has 82 valence electrons. The molecule has 1 aromatic carbocycles. The lowest BCUT2D eigenvalue weighted by Gasteiger charge is -2.11. The Labute approximate surface area is 95.5 Å². The molecule has 0 aliphatic rings. The van der Waals surface area contributed by atoms with Gasteiger partial charge in [0.25, 0.3) is 0 Å². The SMILES string of the molecule is COc1c(Br)cc(F)cc1C(=O)C(C)N. The fourth-order valence-electron chi connectivity index (χ4n) is 1.20. The van der Waals surface area contributed by atoms with E-state index < -0.39 is 11.9 Å². The molecule has 5 heteroatoms. The van der Waals surface area contributed by atoms with Gasteiger partial charge in [-0.05, 0) is 35.0 Å². The maximum Gasteiger partial charge on any atom is 0.183 e. The van der Waals surface area contributed by atoms with Crippen molar-refractivity contribution >= 4 is 21.7 Å². The van der Waals surface area contributed by atoms with Gasteiger partial charge >= 0.3 is 0 Å². The molecule has 1 atom stereocenters. The van der Waals surface area contributed by atoms with E-state index in [0.717, 1.165) is 6.07 Å². The Kier molecular flexibility index (Phi) is 3.82. The number of halogens is 2. The first kappa shape index (κ1) is 12.1. The largest absolute Gasteiger partial charge is 0.495 e. The summed E-state index contributed by atoms with van der Waals surface area (Å²) < 4.78 is 18.5. The van der Waals surface area contributed by atoms with Crippen LogP contribution in [0, 0.1) is 5.82 Å². The number of ketones is 1. The molecule has 0 aliphatic carbocycles. The van der Waals surface area contributed by atoms with Gasteiger partial charge < -0.3 is 10.5 Å². The van der Waals surface area contributed by atoms with Crippen LogP contribution in [-0.2, 0) is 0 Å². The van der Waals surface area contributed by atoms with Gasteiger partial charge in [0, 0.05) is 0 Å². The van der Waals surface area contributed by atoms with Gasteiger partial charge in [-0.2, -0.15) is 0 Å². The minimum atomic E-state index is -0.687. The fourth-order valence-corrected chi connectivity index (χ4v) is 1.79. The summed E-state index contributed by atoms with van der Waals surface area (Å²) in [7, 11) is 1.41. The summed E-state index contributed by atoms with van der Waals surface area (Å²) in [6.07, 6.45) is 0. The first-order valence-electron chi connectivity index (χ1n) is 4.30. The molecular formula is C10H11BrFNO2. The van der Waals surface area contributed by atoms with Crippen LogP contribution in [-0.4, -0.2) is 18.9 Å². The van der Waals surface area contributed by atoms with Gasteiger partial charge in [0.15, 0.2) is 5.78 Å². The maximum absolute atomic E-state index is 13.1. The highest BCUT2D eigenvalue weighted by molar-refractivity contribution is 9.10. The molecule has 0 spiro atoms. The van der Waals surface area contributed by atoms with Crippen molar-refractivity contribution in [2.45, 2.75) is 13.0 Å². The Morgan fingerprint density at radius 3 is 2.67 bits per heavy atom. The van der Waals surface area contributed by atoms with E-state index in [-0.39, 0.29) is 11.3 Å². The van der Waals surface area contributed by atoms with Gasteiger partial charge in [-0.1, -0.05) is 0 Å². The van der Waals surface area contributed by atoms with E-state index in [2.05, 4.69) is 15.9 Å². The molecular weight excluding hydrogens is 265 g/mol. The molecule has 0 radical (unpaired) electrons. The Hall–Kier alpha value is -0.940. The first-order chi connectivity index (χ1) is 6.97. The van der Waals surface area contributed by atoms with Gasteiger partial charge in [0.1, 0.15) is 11.6 Å². The Morgan fingerprint density at radius 2 is 2.20 bits per heavy atom. The predicted octanol–water partition coefficient (Wildman–Crippen LogP) is 2.13. The highest BCUT2D eigenvalue weighted by Gasteiger charge is 2.19. The smallest absolute Gasteiger partial charge is 0.183 e. The van der Waals surface area contributed by atoms with E-state index in [1.54, 1.807) is 6.92 Å². The number of hydrogen-bond acceptors (Lipinski definition) is 3. The monoisotopic (exact) mass is 275 g/mol. The second-order valence-electron chi connectivity index (χ2n) is 3.12. The van der Waals surface area contributed by atoms with Crippen LogP contribution in [0.25, 0.3) is 0 Å². The lowest BCUT2D eigenvalue weighted by molar-refractivity contribution is 0.0964. The topological polar surface area (TPSA) is 52.3 Å². The first-order valence-corrected chi connectivity index (χ1v) is 5.09. The van der Waals surface area contributed by atoms with Crippen molar-refractivity contribution in [2.75, 3.05) is 7.11 Å². The van der Waals surface area contributed by atoms with Crippen molar-refractivity contribution in [3.8, 4) is 5.75 Å². The summed E-state index contributed by atoms with van der Waals surface area (Å²) >= 11 is 3.12. The molecule has 2 N–H and O–H groups in total. The zero-order valence-corrected chi connectivity index (χ0v) is 9.97. The summed E-state index contributed by atoms with van der Waals surface area (Å²) in [5, 5.41) is 0. The predicted molar refractivity (Wildman–Crippen MR) is 58.6 cm³/mol. The Balaban J connectivity index is 3.32. The molecule has 0 saturated carbocycles. The zero-order chi connectivity index (χ0) is 11.6. The molecule has 0 aromatic heterocycles. The second-order valence-corrected chi connectivity index (χ2v) is 3.98. The average Bonchev–Trinajstić information content (AvgIpc) is 2.15. The zero-order valence-electron chi connectivity index (χ0n) is 8.38. The molecule has 1 aromatic rings. The van der Waals surface area contributed by atoms with Crippen molar-refractivity contribution in [3.63, 3.8) is 0 Å². The number of methoxy groups -OCH3 is 1. The average molecular weight is 276 g/mol. The number of carbonyl (C=O) groups is 1.